The van der Waals surface area contributed by atoms with Crippen molar-refractivity contribution in [3.63, 3.8) is 0 Å². The zero-order valence-corrected chi connectivity index (χ0v) is 11.0. The maximum absolute atomic E-state index is 5.92. The zero-order chi connectivity index (χ0) is 12.9. The Kier molecular flexibility index (Phi) is 3.96. The second-order valence-electron chi connectivity index (χ2n) is 4.69. The molecule has 1 heterocycles. The minimum Gasteiger partial charge on any atom is -0.492 e. The summed E-state index contributed by atoms with van der Waals surface area (Å²) in [4.78, 5) is 2.38. The molecule has 1 saturated heterocycles. The Labute approximate surface area is 113 Å². The fourth-order valence-corrected chi connectivity index (χ4v) is 2.36. The summed E-state index contributed by atoms with van der Waals surface area (Å²) in [6.45, 7) is 5.36. The van der Waals surface area contributed by atoms with Crippen LogP contribution in [0.15, 0.2) is 36.4 Å². The van der Waals surface area contributed by atoms with Gasteiger partial charge in [0.2, 0.25) is 0 Å². The van der Waals surface area contributed by atoms with Gasteiger partial charge in [0.15, 0.2) is 0 Å². The lowest BCUT2D eigenvalue weighted by atomic mass is 10.1. The third-order valence-corrected chi connectivity index (χ3v) is 3.43. The lowest BCUT2D eigenvalue weighted by molar-refractivity contribution is 0.0323. The molecule has 2 aromatic carbocycles. The van der Waals surface area contributed by atoms with Crippen LogP contribution in [-0.2, 0) is 4.74 Å². The van der Waals surface area contributed by atoms with Crippen LogP contribution >= 0.6 is 0 Å². The molecule has 0 atom stereocenters. The largest absolute Gasteiger partial charge is 0.492 e. The van der Waals surface area contributed by atoms with E-state index in [0.29, 0.717) is 6.61 Å². The van der Waals surface area contributed by atoms with Crippen molar-refractivity contribution in [2.24, 2.45) is 0 Å². The van der Waals surface area contributed by atoms with E-state index in [2.05, 4.69) is 23.1 Å². The van der Waals surface area contributed by atoms with Gasteiger partial charge in [-0.2, -0.15) is 0 Å². The average Bonchev–Trinajstić information content (AvgIpc) is 2.49. The molecule has 0 aromatic heterocycles. The Morgan fingerprint density at radius 3 is 2.89 bits per heavy atom. The molecule has 0 saturated carbocycles. The fraction of sp³-hybridized carbons (Fsp3) is 0.375. The van der Waals surface area contributed by atoms with Gasteiger partial charge in [0, 0.05) is 25.0 Å². The first-order valence-electron chi connectivity index (χ1n) is 6.76. The molecule has 1 aliphatic heterocycles. The summed E-state index contributed by atoms with van der Waals surface area (Å²) < 4.78 is 11.3. The highest BCUT2D eigenvalue weighted by atomic mass is 16.5. The van der Waals surface area contributed by atoms with Crippen molar-refractivity contribution in [2.75, 3.05) is 39.5 Å². The molecule has 0 N–H and O–H groups in total. The molecule has 3 rings (SSSR count). The summed E-state index contributed by atoms with van der Waals surface area (Å²) in [7, 11) is 0. The molecule has 0 unspecified atom stereocenters. The van der Waals surface area contributed by atoms with Crippen molar-refractivity contribution in [1.29, 1.82) is 0 Å². The lowest BCUT2D eigenvalue weighted by Gasteiger charge is -2.26. The normalized spacial score (nSPS) is 16.6. The number of benzene rings is 2. The molecule has 0 amide bonds. The Balaban J connectivity index is 1.62. The topological polar surface area (TPSA) is 21.7 Å². The summed E-state index contributed by atoms with van der Waals surface area (Å²) in [5.74, 6) is 0.947. The first-order chi connectivity index (χ1) is 9.43. The Morgan fingerprint density at radius 2 is 2.00 bits per heavy atom. The molecule has 0 spiro atoms. The summed E-state index contributed by atoms with van der Waals surface area (Å²) in [6, 6.07) is 15.3. The third kappa shape index (κ3) is 3.06. The predicted molar refractivity (Wildman–Crippen MR) is 75.5 cm³/mol. The van der Waals surface area contributed by atoms with Gasteiger partial charge in [-0.3, -0.25) is 4.90 Å². The Bertz CT molecular complexity index is 530. The van der Waals surface area contributed by atoms with Crippen molar-refractivity contribution in [1.82, 2.24) is 4.90 Å². The van der Waals surface area contributed by atoms with Gasteiger partial charge >= 0.3 is 0 Å². The van der Waals surface area contributed by atoms with Crippen LogP contribution in [-0.4, -0.2) is 44.4 Å². The van der Waals surface area contributed by atoms with Crippen molar-refractivity contribution < 1.29 is 9.47 Å². The number of fused-ring (bicyclic) bond motifs is 1. The summed E-state index contributed by atoms with van der Waals surface area (Å²) in [5.41, 5.74) is 0. The van der Waals surface area contributed by atoms with Gasteiger partial charge < -0.3 is 9.47 Å². The van der Waals surface area contributed by atoms with Crippen LogP contribution in [0.5, 0.6) is 5.75 Å². The molecule has 0 bridgehead atoms. The van der Waals surface area contributed by atoms with Crippen molar-refractivity contribution in [2.45, 2.75) is 0 Å². The van der Waals surface area contributed by atoms with E-state index in [1.165, 1.54) is 0 Å². The highest BCUT2D eigenvalue weighted by Crippen LogP contribution is 2.24. The Morgan fingerprint density at radius 1 is 1.16 bits per heavy atom. The monoisotopic (exact) mass is 256 g/mol. The van der Waals surface area contributed by atoms with Gasteiger partial charge in [0.25, 0.3) is 0 Å². The average molecular weight is 256 g/mol. The smallest absolute Gasteiger partial charge is 0.127 e. The van der Waals surface area contributed by atoms with Gasteiger partial charge in [-0.25, -0.2) is 0 Å². The Hall–Kier alpha value is -1.58. The number of morpholine rings is 1. The van der Waals surface area contributed by atoms with Crippen LogP contribution < -0.4 is 4.74 Å². The first kappa shape index (κ1) is 12.5. The second-order valence-corrected chi connectivity index (χ2v) is 4.69. The quantitative estimate of drug-likeness (QED) is 0.838. The van der Waals surface area contributed by atoms with Crippen LogP contribution in [0.25, 0.3) is 10.8 Å². The van der Waals surface area contributed by atoms with E-state index in [4.69, 9.17) is 9.47 Å². The summed E-state index contributed by atoms with van der Waals surface area (Å²) in [6.07, 6.45) is 0. The first-order valence-corrected chi connectivity index (χ1v) is 6.76. The number of hydrogen-bond donors (Lipinski definition) is 0. The van der Waals surface area contributed by atoms with E-state index in [1.54, 1.807) is 0 Å². The van der Waals surface area contributed by atoms with Crippen LogP contribution in [0, 0.1) is 6.07 Å². The van der Waals surface area contributed by atoms with Crippen LogP contribution in [0.2, 0.25) is 0 Å². The van der Waals surface area contributed by atoms with Gasteiger partial charge in [0.1, 0.15) is 12.4 Å². The maximum Gasteiger partial charge on any atom is 0.127 e. The van der Waals surface area contributed by atoms with Crippen LogP contribution in [0.1, 0.15) is 0 Å². The SMILES string of the molecule is [c]1ccc(OCCN2CCOCC2)c2ccccc12. The molecule has 3 heteroatoms. The van der Waals surface area contributed by atoms with E-state index < -0.39 is 0 Å². The number of hydrogen-bond acceptors (Lipinski definition) is 3. The van der Waals surface area contributed by atoms with E-state index in [9.17, 15) is 0 Å². The zero-order valence-electron chi connectivity index (χ0n) is 11.0. The van der Waals surface area contributed by atoms with Crippen LogP contribution in [0.3, 0.4) is 0 Å². The van der Waals surface area contributed by atoms with Gasteiger partial charge in [-0.1, -0.05) is 30.3 Å². The summed E-state index contributed by atoms with van der Waals surface area (Å²) >= 11 is 0. The lowest BCUT2D eigenvalue weighted by Crippen LogP contribution is -2.38. The van der Waals surface area contributed by atoms with E-state index >= 15 is 0 Å². The van der Waals surface area contributed by atoms with Gasteiger partial charge in [-0.05, 0) is 17.5 Å². The molecular weight excluding hydrogens is 238 g/mol. The molecule has 0 aliphatic carbocycles. The molecule has 99 valence electrons. The molecule has 3 nitrogen and oxygen atoms in total. The standard InChI is InChI=1S/C16H18NO2/c1-2-6-15-14(4-1)5-3-7-16(15)19-13-10-17-8-11-18-12-9-17/h1-4,6-7H,8-13H2. The molecule has 19 heavy (non-hydrogen) atoms. The molecule has 1 aliphatic rings. The molecule has 1 fully saturated rings. The predicted octanol–water partition coefficient (Wildman–Crippen LogP) is 2.35. The van der Waals surface area contributed by atoms with E-state index in [0.717, 1.165) is 49.4 Å². The fourth-order valence-electron chi connectivity index (χ4n) is 2.36. The van der Waals surface area contributed by atoms with E-state index in [1.807, 2.05) is 24.3 Å². The van der Waals surface area contributed by atoms with E-state index in [-0.39, 0.29) is 0 Å². The van der Waals surface area contributed by atoms with Crippen LogP contribution in [0.4, 0.5) is 0 Å². The van der Waals surface area contributed by atoms with Gasteiger partial charge in [0.05, 0.1) is 13.2 Å². The summed E-state index contributed by atoms with van der Waals surface area (Å²) in [5, 5.41) is 2.23. The minimum absolute atomic E-state index is 0.716. The van der Waals surface area contributed by atoms with Gasteiger partial charge in [-0.15, -0.1) is 0 Å². The number of nitrogens with zero attached hydrogens (tertiary/aromatic N) is 1. The second kappa shape index (κ2) is 6.04. The highest BCUT2D eigenvalue weighted by molar-refractivity contribution is 5.87. The minimum atomic E-state index is 0.716. The number of ether oxygens (including phenoxy) is 2. The van der Waals surface area contributed by atoms with Crippen molar-refractivity contribution >= 4 is 10.8 Å². The molecule has 1 radical (unpaired) electrons. The molecule has 2 aromatic rings. The highest BCUT2D eigenvalue weighted by Gasteiger charge is 2.10. The number of rotatable bonds is 4. The maximum atomic E-state index is 5.92. The van der Waals surface area contributed by atoms with Crippen molar-refractivity contribution in [3.05, 3.63) is 42.5 Å². The third-order valence-electron chi connectivity index (χ3n) is 3.43. The molecular formula is C16H18NO2. The van der Waals surface area contributed by atoms with Crippen molar-refractivity contribution in [3.8, 4) is 5.75 Å².